The van der Waals surface area contributed by atoms with Gasteiger partial charge < -0.3 is 0 Å². The normalized spacial score (nSPS) is 11.1. The molecule has 0 saturated heterocycles. The number of rotatable bonds is 3. The molecule has 0 radical (unpaired) electrons. The molecule has 0 atom stereocenters. The lowest BCUT2D eigenvalue weighted by Gasteiger charge is -2.11. The number of hydrogen-bond acceptors (Lipinski definition) is 4. The maximum atomic E-state index is 13.7. The van der Waals surface area contributed by atoms with Crippen molar-refractivity contribution in [2.75, 3.05) is 4.53 Å². The molecule has 88 valence electrons. The number of anilines is 1. The highest BCUT2D eigenvalue weighted by Crippen LogP contribution is 2.20. The molecule has 7 heteroatoms. The third-order valence-electron chi connectivity index (χ3n) is 1.99. The maximum Gasteiger partial charge on any atom is 0.292 e. The molecule has 5 nitrogen and oxygen atoms in total. The fraction of sp³-hybridized carbons (Fsp3) is 0. The van der Waals surface area contributed by atoms with Crippen LogP contribution in [0.3, 0.4) is 0 Å². The Hall–Kier alpha value is -2.02. The second kappa shape index (κ2) is 4.46. The van der Waals surface area contributed by atoms with Gasteiger partial charge in [0.1, 0.15) is 0 Å². The number of aromatic nitrogens is 2. The molecule has 0 bridgehead atoms. The molecular weight excluding hydrogens is 245 g/mol. The Balaban J connectivity index is 2.41. The first-order valence-electron chi connectivity index (χ1n) is 4.66. The van der Waals surface area contributed by atoms with E-state index in [1.54, 1.807) is 6.07 Å². The summed E-state index contributed by atoms with van der Waals surface area (Å²) in [6.07, 6.45) is 1.33. The van der Waals surface area contributed by atoms with Crippen LogP contribution >= 0.6 is 0 Å². The van der Waals surface area contributed by atoms with Gasteiger partial charge in [0.15, 0.2) is 5.82 Å². The molecule has 0 saturated carbocycles. The highest BCUT2D eigenvalue weighted by molar-refractivity contribution is 7.92. The second-order valence-electron chi connectivity index (χ2n) is 3.11. The lowest BCUT2D eigenvalue weighted by atomic mass is 10.4. The zero-order valence-electron chi connectivity index (χ0n) is 8.56. The summed E-state index contributed by atoms with van der Waals surface area (Å²) in [6.45, 7) is 0. The number of nitrogens with zero attached hydrogens (tertiary/aromatic N) is 3. The van der Waals surface area contributed by atoms with E-state index in [0.717, 1.165) is 0 Å². The topological polar surface area (TPSA) is 63.2 Å². The first-order valence-corrected chi connectivity index (χ1v) is 6.10. The van der Waals surface area contributed by atoms with E-state index < -0.39 is 14.6 Å². The van der Waals surface area contributed by atoms with Gasteiger partial charge in [0.2, 0.25) is 0 Å². The Kier molecular flexibility index (Phi) is 3.01. The van der Waals surface area contributed by atoms with E-state index in [9.17, 15) is 12.9 Å². The van der Waals surface area contributed by atoms with Crippen LogP contribution in [-0.2, 0) is 10.0 Å². The molecule has 0 fully saturated rings. The van der Waals surface area contributed by atoms with Gasteiger partial charge in [-0.15, -0.1) is 5.10 Å². The highest BCUT2D eigenvalue weighted by atomic mass is 32.2. The zero-order valence-corrected chi connectivity index (χ0v) is 9.38. The molecule has 0 aliphatic rings. The smallest absolute Gasteiger partial charge is 0.199 e. The van der Waals surface area contributed by atoms with E-state index in [2.05, 4.69) is 10.2 Å². The minimum absolute atomic E-state index is 0.145. The molecule has 0 aliphatic heterocycles. The van der Waals surface area contributed by atoms with Crippen molar-refractivity contribution in [1.82, 2.24) is 10.2 Å². The summed E-state index contributed by atoms with van der Waals surface area (Å²) in [7, 11) is -4.23. The van der Waals surface area contributed by atoms with Crippen molar-refractivity contribution in [2.45, 2.75) is 4.90 Å². The predicted molar refractivity (Wildman–Crippen MR) is 59.2 cm³/mol. The van der Waals surface area contributed by atoms with E-state index >= 15 is 0 Å². The van der Waals surface area contributed by atoms with Gasteiger partial charge in [0, 0.05) is 6.20 Å². The second-order valence-corrected chi connectivity index (χ2v) is 4.86. The van der Waals surface area contributed by atoms with Crippen LogP contribution in [0.1, 0.15) is 0 Å². The SMILES string of the molecule is O=S(=O)(c1ccccc1)N(F)c1cccnn1. The number of halogens is 1. The molecule has 2 rings (SSSR count). The molecule has 0 spiro atoms. The summed E-state index contributed by atoms with van der Waals surface area (Å²) >= 11 is 0. The number of benzene rings is 1. The Labute approximate surface area is 97.5 Å². The van der Waals surface area contributed by atoms with Crippen molar-refractivity contribution in [1.29, 1.82) is 0 Å². The number of sulfonamides is 1. The molecule has 1 aromatic carbocycles. The van der Waals surface area contributed by atoms with Crippen LogP contribution in [0, 0.1) is 0 Å². The van der Waals surface area contributed by atoms with Crippen LogP contribution in [0.4, 0.5) is 10.3 Å². The van der Waals surface area contributed by atoms with Gasteiger partial charge in [0.25, 0.3) is 10.0 Å². The van der Waals surface area contributed by atoms with Crippen LogP contribution in [0.25, 0.3) is 0 Å². The quantitative estimate of drug-likeness (QED) is 0.779. The Morgan fingerprint density at radius 1 is 1.06 bits per heavy atom. The third-order valence-corrected chi connectivity index (χ3v) is 3.47. The van der Waals surface area contributed by atoms with E-state index in [1.807, 2.05) is 0 Å². The van der Waals surface area contributed by atoms with Crippen LogP contribution in [-0.4, -0.2) is 18.6 Å². The lowest BCUT2D eigenvalue weighted by molar-refractivity contribution is 0.489. The fourth-order valence-corrected chi connectivity index (χ4v) is 2.23. The van der Waals surface area contributed by atoms with E-state index in [4.69, 9.17) is 0 Å². The largest absolute Gasteiger partial charge is 0.292 e. The molecule has 0 unspecified atom stereocenters. The fourth-order valence-electron chi connectivity index (χ4n) is 1.20. The minimum Gasteiger partial charge on any atom is -0.199 e. The maximum absolute atomic E-state index is 13.7. The van der Waals surface area contributed by atoms with Crippen LogP contribution in [0.15, 0.2) is 53.6 Å². The van der Waals surface area contributed by atoms with Gasteiger partial charge in [-0.25, -0.2) is 0 Å². The molecule has 17 heavy (non-hydrogen) atoms. The summed E-state index contributed by atoms with van der Waals surface area (Å²) < 4.78 is 37.0. The summed E-state index contributed by atoms with van der Waals surface area (Å²) in [5.41, 5.74) is 0. The Morgan fingerprint density at radius 2 is 1.76 bits per heavy atom. The van der Waals surface area contributed by atoms with Crippen molar-refractivity contribution in [2.24, 2.45) is 0 Å². The highest BCUT2D eigenvalue weighted by Gasteiger charge is 2.26. The first kappa shape index (κ1) is 11.5. The lowest BCUT2D eigenvalue weighted by Crippen LogP contribution is -2.23. The molecule has 1 aromatic heterocycles. The van der Waals surface area contributed by atoms with Gasteiger partial charge in [-0.2, -0.15) is 13.5 Å². The van der Waals surface area contributed by atoms with Gasteiger partial charge in [0.05, 0.1) is 4.90 Å². The molecule has 0 amide bonds. The van der Waals surface area contributed by atoms with Crippen molar-refractivity contribution in [3.63, 3.8) is 0 Å². The van der Waals surface area contributed by atoms with Gasteiger partial charge in [-0.05, 0) is 24.3 Å². The van der Waals surface area contributed by atoms with Crippen LogP contribution in [0.5, 0.6) is 0 Å². The van der Waals surface area contributed by atoms with Crippen molar-refractivity contribution >= 4 is 15.8 Å². The Bertz CT molecular complexity index is 589. The van der Waals surface area contributed by atoms with E-state index in [1.165, 1.54) is 42.6 Å². The predicted octanol–water partition coefficient (Wildman–Crippen LogP) is 1.56. The minimum atomic E-state index is -4.23. The zero-order chi connectivity index (χ0) is 12.3. The van der Waals surface area contributed by atoms with E-state index in [-0.39, 0.29) is 10.7 Å². The summed E-state index contributed by atoms with van der Waals surface area (Å²) in [4.78, 5) is -0.145. The van der Waals surface area contributed by atoms with Gasteiger partial charge >= 0.3 is 0 Å². The Morgan fingerprint density at radius 3 is 2.35 bits per heavy atom. The van der Waals surface area contributed by atoms with Crippen molar-refractivity contribution in [3.8, 4) is 0 Å². The van der Waals surface area contributed by atoms with E-state index in [0.29, 0.717) is 0 Å². The van der Waals surface area contributed by atoms with Crippen molar-refractivity contribution in [3.05, 3.63) is 48.7 Å². The van der Waals surface area contributed by atoms with Crippen LogP contribution in [0.2, 0.25) is 0 Å². The van der Waals surface area contributed by atoms with Crippen LogP contribution < -0.4 is 4.53 Å². The molecule has 0 aliphatic carbocycles. The summed E-state index contributed by atoms with van der Waals surface area (Å²) in [5.74, 6) is -0.378. The van der Waals surface area contributed by atoms with Gasteiger partial charge in [-0.1, -0.05) is 27.2 Å². The monoisotopic (exact) mass is 253 g/mol. The molecule has 1 heterocycles. The molecular formula is C10H8FN3O2S. The summed E-state index contributed by atoms with van der Waals surface area (Å²) in [5, 5.41) is 6.81. The average Bonchev–Trinajstić information content (AvgIpc) is 2.40. The standard InChI is InChI=1S/C10H8FN3O2S/c11-14(10-7-4-8-12-13-10)17(15,16)9-5-2-1-3-6-9/h1-8H. The third kappa shape index (κ3) is 2.23. The van der Waals surface area contributed by atoms with Gasteiger partial charge in [-0.3, -0.25) is 0 Å². The average molecular weight is 253 g/mol. The molecule has 0 N–H and O–H groups in total. The molecule has 2 aromatic rings. The van der Waals surface area contributed by atoms with Crippen molar-refractivity contribution < 1.29 is 12.9 Å². The first-order chi connectivity index (χ1) is 8.12. The number of hydrogen-bond donors (Lipinski definition) is 0. The summed E-state index contributed by atoms with van der Waals surface area (Å²) in [6, 6.07) is 9.89.